The number of esters is 3. The van der Waals surface area contributed by atoms with E-state index in [0.29, 0.717) is 11.0 Å². The molecule has 5 atom stereocenters. The third-order valence-corrected chi connectivity index (χ3v) is 8.29. The molecule has 1 amide bonds. The highest BCUT2D eigenvalue weighted by atomic mass is 32.2. The molecule has 2 aliphatic rings. The number of benzene rings is 1. The van der Waals surface area contributed by atoms with Crippen molar-refractivity contribution in [2.45, 2.75) is 108 Å². The Kier molecular flexibility index (Phi) is 11.0. The number of aromatic nitrogens is 3. The standard InChI is InChI=1S/C29H38N4O9S/c1-16-10-6-9-13-22(16)39-15-24-31-32-29(33(24)21-11-7-8-12-21)43-28-25(30-17(2)34)27(41-20(5)37)26(40-19(4)36)23(42-28)14-38-18(3)35/h6,9-10,13,21,23,25-28H,7-8,11-12,14-15H2,1-5H3,(H,30,34)/t23-,25-,26-,27-,28-/m1/s1. The maximum absolute atomic E-state index is 12.4. The summed E-state index contributed by atoms with van der Waals surface area (Å²) in [6.45, 7) is 6.85. The summed E-state index contributed by atoms with van der Waals surface area (Å²) in [4.78, 5) is 48.3. The summed E-state index contributed by atoms with van der Waals surface area (Å²) in [6.07, 6.45) is 0.660. The van der Waals surface area contributed by atoms with Crippen LogP contribution in [0.5, 0.6) is 5.75 Å². The van der Waals surface area contributed by atoms with Gasteiger partial charge in [0, 0.05) is 33.7 Å². The van der Waals surface area contributed by atoms with E-state index in [9.17, 15) is 19.2 Å². The summed E-state index contributed by atoms with van der Waals surface area (Å²) in [7, 11) is 0. The molecule has 0 spiro atoms. The quantitative estimate of drug-likeness (QED) is 0.290. The van der Waals surface area contributed by atoms with Gasteiger partial charge in [0.1, 0.15) is 36.5 Å². The monoisotopic (exact) mass is 618 g/mol. The number of thioether (sulfide) groups is 1. The summed E-state index contributed by atoms with van der Waals surface area (Å²) >= 11 is 1.19. The van der Waals surface area contributed by atoms with Gasteiger partial charge < -0.3 is 29.0 Å². The number of nitrogens with zero attached hydrogens (tertiary/aromatic N) is 3. The molecule has 1 aromatic heterocycles. The number of nitrogens with one attached hydrogen (secondary N) is 1. The molecule has 43 heavy (non-hydrogen) atoms. The van der Waals surface area contributed by atoms with Gasteiger partial charge in [0.15, 0.2) is 23.2 Å². The van der Waals surface area contributed by atoms with Crippen LogP contribution in [-0.4, -0.2) is 75.0 Å². The van der Waals surface area contributed by atoms with E-state index < -0.39 is 53.6 Å². The molecule has 13 nitrogen and oxygen atoms in total. The number of carbonyl (C=O) groups is 4. The SMILES string of the molecule is CC(=O)N[C@@H]1[C@@H](OC(C)=O)[C@H](OC(C)=O)[C@@H](COC(C)=O)O[C@@H]1Sc1nnc(COc2ccccc2C)n1C1CCCC1. The number of amides is 1. The van der Waals surface area contributed by atoms with Crippen molar-refractivity contribution < 1.29 is 42.9 Å². The molecule has 4 rings (SSSR count). The fourth-order valence-corrected chi connectivity index (χ4v) is 6.60. The second-order valence-electron chi connectivity index (χ2n) is 10.6. The number of carbonyl (C=O) groups excluding carboxylic acids is 4. The lowest BCUT2D eigenvalue weighted by Crippen LogP contribution is -2.65. The van der Waals surface area contributed by atoms with Crippen LogP contribution in [0, 0.1) is 6.92 Å². The fourth-order valence-electron chi connectivity index (χ4n) is 5.37. The molecular weight excluding hydrogens is 580 g/mol. The van der Waals surface area contributed by atoms with E-state index in [1.54, 1.807) is 0 Å². The minimum absolute atomic E-state index is 0.130. The first-order valence-electron chi connectivity index (χ1n) is 14.2. The Balaban J connectivity index is 1.69. The van der Waals surface area contributed by atoms with Crippen molar-refractivity contribution in [3.8, 4) is 5.75 Å². The summed E-state index contributed by atoms with van der Waals surface area (Å²) < 4.78 is 30.8. The van der Waals surface area contributed by atoms with Crippen LogP contribution in [0.25, 0.3) is 0 Å². The van der Waals surface area contributed by atoms with E-state index in [1.807, 2.05) is 35.8 Å². The predicted octanol–water partition coefficient (Wildman–Crippen LogP) is 3.03. The normalized spacial score (nSPS) is 23.8. The number of hydrogen-bond acceptors (Lipinski definition) is 12. The van der Waals surface area contributed by atoms with E-state index in [0.717, 1.165) is 37.0 Å². The molecule has 1 saturated carbocycles. The maximum atomic E-state index is 12.4. The van der Waals surface area contributed by atoms with Crippen molar-refractivity contribution in [1.29, 1.82) is 0 Å². The molecule has 0 bridgehead atoms. The minimum atomic E-state index is -1.17. The molecule has 2 aromatic rings. The lowest BCUT2D eigenvalue weighted by molar-refractivity contribution is -0.211. The summed E-state index contributed by atoms with van der Waals surface area (Å²) in [5, 5.41) is 12.3. The van der Waals surface area contributed by atoms with Crippen LogP contribution in [0.15, 0.2) is 29.4 Å². The van der Waals surface area contributed by atoms with E-state index in [1.165, 1.54) is 39.5 Å². The topological polar surface area (TPSA) is 157 Å². The largest absolute Gasteiger partial charge is 0.485 e. The number of ether oxygens (including phenoxy) is 5. The van der Waals surface area contributed by atoms with Gasteiger partial charge >= 0.3 is 17.9 Å². The lowest BCUT2D eigenvalue weighted by Gasteiger charge is -2.44. The zero-order valence-corrected chi connectivity index (χ0v) is 25.8. The Morgan fingerprint density at radius 3 is 2.28 bits per heavy atom. The van der Waals surface area contributed by atoms with Crippen molar-refractivity contribution in [2.75, 3.05) is 6.61 Å². The maximum Gasteiger partial charge on any atom is 0.303 e. The van der Waals surface area contributed by atoms with Crippen molar-refractivity contribution in [1.82, 2.24) is 20.1 Å². The average molecular weight is 619 g/mol. The van der Waals surface area contributed by atoms with Gasteiger partial charge in [-0.25, -0.2) is 0 Å². The highest BCUT2D eigenvalue weighted by molar-refractivity contribution is 7.99. The smallest absolute Gasteiger partial charge is 0.303 e. The Morgan fingerprint density at radius 2 is 1.65 bits per heavy atom. The predicted molar refractivity (Wildman–Crippen MR) is 153 cm³/mol. The molecule has 14 heteroatoms. The third kappa shape index (κ3) is 8.47. The van der Waals surface area contributed by atoms with Gasteiger partial charge in [-0.05, 0) is 31.4 Å². The van der Waals surface area contributed by atoms with Crippen LogP contribution in [0.4, 0.5) is 0 Å². The molecule has 2 heterocycles. The molecule has 0 radical (unpaired) electrons. The lowest BCUT2D eigenvalue weighted by atomic mass is 9.97. The first kappa shape index (κ1) is 32.3. The number of aryl methyl sites for hydroxylation is 1. The average Bonchev–Trinajstić information content (AvgIpc) is 3.59. The van der Waals surface area contributed by atoms with Crippen molar-refractivity contribution in [3.63, 3.8) is 0 Å². The Bertz CT molecular complexity index is 1310. The summed E-state index contributed by atoms with van der Waals surface area (Å²) in [5.41, 5.74) is 0.102. The third-order valence-electron chi connectivity index (χ3n) is 7.17. The molecule has 1 aromatic carbocycles. The zero-order chi connectivity index (χ0) is 31.1. The highest BCUT2D eigenvalue weighted by Gasteiger charge is 2.51. The number of rotatable bonds is 11. The van der Waals surface area contributed by atoms with Gasteiger partial charge in [-0.15, -0.1) is 10.2 Å². The van der Waals surface area contributed by atoms with Crippen LogP contribution in [0.3, 0.4) is 0 Å². The summed E-state index contributed by atoms with van der Waals surface area (Å²) in [6, 6.07) is 6.89. The minimum Gasteiger partial charge on any atom is -0.485 e. The van der Waals surface area contributed by atoms with Crippen LogP contribution >= 0.6 is 11.8 Å². The number of para-hydroxylation sites is 1. The number of hydrogen-bond donors (Lipinski definition) is 1. The van der Waals surface area contributed by atoms with Gasteiger partial charge in [0.05, 0.1) is 0 Å². The Hall–Kier alpha value is -3.65. The van der Waals surface area contributed by atoms with Crippen LogP contribution in [-0.2, 0) is 44.7 Å². The van der Waals surface area contributed by atoms with E-state index >= 15 is 0 Å². The Morgan fingerprint density at radius 1 is 0.977 bits per heavy atom. The molecule has 0 unspecified atom stereocenters. The van der Waals surface area contributed by atoms with Crippen molar-refractivity contribution in [3.05, 3.63) is 35.7 Å². The van der Waals surface area contributed by atoms with Crippen LogP contribution in [0.1, 0.15) is 70.8 Å². The van der Waals surface area contributed by atoms with E-state index in [2.05, 4.69) is 15.5 Å². The second kappa shape index (κ2) is 14.7. The van der Waals surface area contributed by atoms with Gasteiger partial charge in [0.2, 0.25) is 5.91 Å². The van der Waals surface area contributed by atoms with Crippen molar-refractivity contribution >= 4 is 35.6 Å². The molecule has 1 saturated heterocycles. The van der Waals surface area contributed by atoms with Crippen LogP contribution in [0.2, 0.25) is 0 Å². The Labute approximate surface area is 254 Å². The van der Waals surface area contributed by atoms with Gasteiger partial charge in [-0.3, -0.25) is 23.7 Å². The van der Waals surface area contributed by atoms with Gasteiger partial charge in [-0.1, -0.05) is 42.8 Å². The first-order valence-corrected chi connectivity index (χ1v) is 15.1. The summed E-state index contributed by atoms with van der Waals surface area (Å²) in [5.74, 6) is -0.921. The van der Waals surface area contributed by atoms with E-state index in [-0.39, 0.29) is 19.3 Å². The highest BCUT2D eigenvalue weighted by Crippen LogP contribution is 2.39. The zero-order valence-electron chi connectivity index (χ0n) is 24.9. The molecule has 1 aliphatic carbocycles. The van der Waals surface area contributed by atoms with Gasteiger partial charge in [-0.2, -0.15) is 0 Å². The molecule has 234 valence electrons. The first-order chi connectivity index (χ1) is 20.5. The molecule has 2 fully saturated rings. The second-order valence-corrected chi connectivity index (χ2v) is 11.7. The van der Waals surface area contributed by atoms with E-state index in [4.69, 9.17) is 23.7 Å². The van der Waals surface area contributed by atoms with Crippen molar-refractivity contribution in [2.24, 2.45) is 0 Å². The van der Waals surface area contributed by atoms with Gasteiger partial charge in [0.25, 0.3) is 0 Å². The molecule has 1 N–H and O–H groups in total. The fraction of sp³-hybridized carbons (Fsp3) is 0.586. The molecule has 1 aliphatic heterocycles. The molecular formula is C29H38N4O9S. The van der Waals surface area contributed by atoms with Crippen LogP contribution < -0.4 is 10.1 Å².